The number of rotatable bonds is 7. The Kier molecular flexibility index (Phi) is 9.50. The summed E-state index contributed by atoms with van der Waals surface area (Å²) < 4.78 is 25.2. The lowest BCUT2D eigenvalue weighted by atomic mass is 10.0. The normalized spacial score (nSPS) is 26.6. The zero-order chi connectivity index (χ0) is 30.8. The average Bonchev–Trinajstić information content (AvgIpc) is 2.96. The van der Waals surface area contributed by atoms with Crippen molar-refractivity contribution in [2.75, 3.05) is 50.8 Å². The number of aromatic nitrogens is 1. The second-order valence-electron chi connectivity index (χ2n) is 12.1. The zero-order valence-corrected chi connectivity index (χ0v) is 25.3. The van der Waals surface area contributed by atoms with Gasteiger partial charge in [0.15, 0.2) is 0 Å². The maximum Gasteiger partial charge on any atom is 0.407 e. The van der Waals surface area contributed by atoms with Crippen molar-refractivity contribution in [2.45, 2.75) is 71.0 Å². The molecule has 2 saturated heterocycles. The molecule has 2 N–H and O–H groups in total. The molecule has 2 fully saturated rings. The van der Waals surface area contributed by atoms with Crippen LogP contribution < -0.4 is 9.64 Å². The van der Waals surface area contributed by atoms with Gasteiger partial charge in [0.1, 0.15) is 18.1 Å². The molecule has 0 aliphatic carbocycles. The van der Waals surface area contributed by atoms with Crippen molar-refractivity contribution in [3.63, 3.8) is 0 Å². The number of aliphatic hydroxyl groups is 1. The average molecular weight is 600 g/mol. The van der Waals surface area contributed by atoms with Gasteiger partial charge in [-0.25, -0.2) is 14.2 Å². The fourth-order valence-electron chi connectivity index (χ4n) is 6.33. The molecule has 1 aromatic carbocycles. The van der Waals surface area contributed by atoms with E-state index in [0.717, 1.165) is 17.7 Å². The second-order valence-corrected chi connectivity index (χ2v) is 12.1. The van der Waals surface area contributed by atoms with E-state index in [4.69, 9.17) is 9.47 Å². The first-order valence-electron chi connectivity index (χ1n) is 15.0. The third-order valence-corrected chi connectivity index (χ3v) is 8.75. The number of morpholine rings is 1. The minimum absolute atomic E-state index is 0.0792. The van der Waals surface area contributed by atoms with Crippen molar-refractivity contribution >= 4 is 17.7 Å². The Morgan fingerprint density at radius 3 is 2.44 bits per heavy atom. The second kappa shape index (κ2) is 13.1. The number of ether oxygens (including phenoxy) is 2. The van der Waals surface area contributed by atoms with Gasteiger partial charge in [0.2, 0.25) is 11.8 Å². The lowest BCUT2D eigenvalue weighted by Crippen LogP contribution is -2.64. The molecule has 3 aliphatic rings. The Morgan fingerprint density at radius 2 is 1.74 bits per heavy atom. The zero-order valence-electron chi connectivity index (χ0n) is 25.3. The smallest absolute Gasteiger partial charge is 0.407 e. The fraction of sp³-hybridized carbons (Fsp3) is 0.581. The van der Waals surface area contributed by atoms with E-state index in [0.29, 0.717) is 44.0 Å². The van der Waals surface area contributed by atoms with Crippen molar-refractivity contribution in [2.24, 2.45) is 0 Å². The lowest BCUT2D eigenvalue weighted by Gasteiger charge is -2.47. The maximum absolute atomic E-state index is 14.1. The third-order valence-electron chi connectivity index (χ3n) is 8.75. The van der Waals surface area contributed by atoms with Crippen LogP contribution in [0.15, 0.2) is 30.3 Å². The number of hydrogen-bond donors (Lipinski definition) is 2. The number of carbonyl (C=O) groups excluding carboxylic acids is 1. The van der Waals surface area contributed by atoms with Gasteiger partial charge in [-0.05, 0) is 63.4 Å². The number of piperazine rings is 1. The van der Waals surface area contributed by atoms with E-state index in [9.17, 15) is 24.2 Å². The highest BCUT2D eigenvalue weighted by Gasteiger charge is 2.40. The highest BCUT2D eigenvalue weighted by Crippen LogP contribution is 2.35. The van der Waals surface area contributed by atoms with Gasteiger partial charge in [-0.3, -0.25) is 14.6 Å². The molecular formula is C31H42FN5O6. The number of carbonyl (C=O) groups is 2. The lowest BCUT2D eigenvalue weighted by molar-refractivity contribution is -0.122. The number of benzene rings is 1. The summed E-state index contributed by atoms with van der Waals surface area (Å²) in [6, 6.07) is 7.46. The van der Waals surface area contributed by atoms with Crippen molar-refractivity contribution < 1.29 is 33.7 Å². The van der Waals surface area contributed by atoms with Gasteiger partial charge in [-0.1, -0.05) is 12.1 Å². The van der Waals surface area contributed by atoms with Crippen molar-refractivity contribution in [3.8, 4) is 5.88 Å². The molecule has 0 radical (unpaired) electrons. The number of amides is 2. The number of halogens is 1. The number of nitrogens with zero attached hydrogens (tertiary/aromatic N) is 5. The van der Waals surface area contributed by atoms with E-state index in [1.54, 1.807) is 17.0 Å². The van der Waals surface area contributed by atoms with Gasteiger partial charge in [-0.2, -0.15) is 0 Å². The molecule has 0 spiro atoms. The molecule has 1 aromatic heterocycles. The molecule has 11 nitrogen and oxygen atoms in total. The maximum atomic E-state index is 14.1. The number of fused-ring (bicyclic) bond motifs is 1. The summed E-state index contributed by atoms with van der Waals surface area (Å²) in [6.45, 7) is 10.7. The van der Waals surface area contributed by atoms with Gasteiger partial charge in [0, 0.05) is 44.3 Å². The Bertz CT molecular complexity index is 1310. The number of hydrogen-bond acceptors (Lipinski definition) is 8. The standard InChI is InChI=1S/C31H42FN5O6/c1-19-11-35(26(14-36(19)31(40)41)13-34-12-22(4)42-17-20(34)2)15-29(39)37-21(3)18-43-30-28(37)10-24(27(16-38)33-30)9-23-5-7-25(32)8-6-23/h5-8,10,19-22,26,38H,9,11-18H2,1-4H3,(H,40,41)/t19-,20-,21+,22+,26+/m1/s1. The first-order valence-corrected chi connectivity index (χ1v) is 15.0. The van der Waals surface area contributed by atoms with Gasteiger partial charge in [0.25, 0.3) is 0 Å². The summed E-state index contributed by atoms with van der Waals surface area (Å²) in [7, 11) is 0. The predicted octanol–water partition coefficient (Wildman–Crippen LogP) is 2.58. The third kappa shape index (κ3) is 6.93. The number of carboxylic acid groups (broad SMARTS) is 1. The molecular weight excluding hydrogens is 557 g/mol. The van der Waals surface area contributed by atoms with E-state index in [1.165, 1.54) is 17.0 Å². The topological polar surface area (TPSA) is 119 Å². The highest BCUT2D eigenvalue weighted by molar-refractivity contribution is 5.97. The van der Waals surface area contributed by atoms with E-state index in [-0.39, 0.29) is 67.6 Å². The van der Waals surface area contributed by atoms with Crippen LogP contribution in [0.2, 0.25) is 0 Å². The van der Waals surface area contributed by atoms with E-state index in [2.05, 4.69) is 21.7 Å². The predicted molar refractivity (Wildman–Crippen MR) is 158 cm³/mol. The van der Waals surface area contributed by atoms with Crippen LogP contribution in [0.5, 0.6) is 5.88 Å². The van der Waals surface area contributed by atoms with Gasteiger partial charge >= 0.3 is 6.09 Å². The quantitative estimate of drug-likeness (QED) is 0.495. The molecule has 12 heteroatoms. The first kappa shape index (κ1) is 31.1. The summed E-state index contributed by atoms with van der Waals surface area (Å²) in [4.78, 5) is 38.3. The summed E-state index contributed by atoms with van der Waals surface area (Å²) in [5, 5.41) is 19.9. The number of anilines is 1. The van der Waals surface area contributed by atoms with Gasteiger partial charge < -0.3 is 29.5 Å². The Balaban J connectivity index is 1.40. The molecule has 2 aromatic rings. The van der Waals surface area contributed by atoms with Crippen LogP contribution in [0.4, 0.5) is 14.9 Å². The monoisotopic (exact) mass is 599 g/mol. The molecule has 234 valence electrons. The van der Waals surface area contributed by atoms with Crippen LogP contribution in [0.1, 0.15) is 44.5 Å². The summed E-state index contributed by atoms with van der Waals surface area (Å²) in [6.07, 6.45) is -0.475. The van der Waals surface area contributed by atoms with Gasteiger partial charge in [-0.15, -0.1) is 0 Å². The highest BCUT2D eigenvalue weighted by atomic mass is 19.1. The van der Waals surface area contributed by atoms with E-state index >= 15 is 0 Å². The van der Waals surface area contributed by atoms with Crippen LogP contribution in [0.25, 0.3) is 0 Å². The molecule has 0 saturated carbocycles. The molecule has 5 atom stereocenters. The summed E-state index contributed by atoms with van der Waals surface area (Å²) in [5.41, 5.74) is 2.54. The molecule has 0 unspecified atom stereocenters. The van der Waals surface area contributed by atoms with Crippen LogP contribution >= 0.6 is 0 Å². The molecule has 3 aliphatic heterocycles. The van der Waals surface area contributed by atoms with Crippen LogP contribution in [-0.4, -0.2) is 118 Å². The van der Waals surface area contributed by atoms with Gasteiger partial charge in [0.05, 0.1) is 37.6 Å². The Morgan fingerprint density at radius 1 is 1.00 bits per heavy atom. The molecule has 4 heterocycles. The summed E-state index contributed by atoms with van der Waals surface area (Å²) in [5.74, 6) is -0.175. The number of pyridine rings is 1. The fourth-order valence-corrected chi connectivity index (χ4v) is 6.33. The van der Waals surface area contributed by atoms with Crippen molar-refractivity contribution in [3.05, 3.63) is 53.0 Å². The summed E-state index contributed by atoms with van der Waals surface area (Å²) >= 11 is 0. The van der Waals surface area contributed by atoms with Crippen LogP contribution in [0, 0.1) is 5.82 Å². The Hall–Kier alpha value is -3.32. The minimum atomic E-state index is -0.956. The number of aliphatic hydroxyl groups excluding tert-OH is 1. The van der Waals surface area contributed by atoms with Crippen LogP contribution in [-0.2, 0) is 22.6 Å². The van der Waals surface area contributed by atoms with Crippen LogP contribution in [0.3, 0.4) is 0 Å². The Labute approximate surface area is 251 Å². The first-order chi connectivity index (χ1) is 20.5. The molecule has 43 heavy (non-hydrogen) atoms. The van der Waals surface area contributed by atoms with Crippen molar-refractivity contribution in [1.29, 1.82) is 0 Å². The van der Waals surface area contributed by atoms with E-state index in [1.807, 2.05) is 26.8 Å². The van der Waals surface area contributed by atoms with Crippen molar-refractivity contribution in [1.82, 2.24) is 19.7 Å². The minimum Gasteiger partial charge on any atom is -0.474 e. The van der Waals surface area contributed by atoms with E-state index < -0.39 is 6.09 Å². The molecule has 5 rings (SSSR count). The largest absolute Gasteiger partial charge is 0.474 e. The molecule has 2 amide bonds. The SMILES string of the molecule is C[C@@H]1CO[C@@H](C)CN1C[C@H]1CN(C(=O)O)[C@H](C)CN1CC(=O)N1c2cc(Cc3ccc(F)cc3)c(CO)nc2OC[C@@H]1C. The molecule has 0 bridgehead atoms.